The maximum absolute atomic E-state index is 9.97. The Balaban J connectivity index is 2.26. The standard InChI is InChI=1S/C12H18N4O2S/c1-19-3-2-14-12(10(18)6-17)8-4-15-9-5-13-7-16-11(8)9/h4-5,7,10,12,14-15,17-18H,2-3,6H2,1H3. The van der Waals surface area contributed by atoms with Gasteiger partial charge in [0, 0.05) is 24.1 Å². The highest BCUT2D eigenvalue weighted by atomic mass is 32.2. The van der Waals surface area contributed by atoms with Crippen LogP contribution in [-0.4, -0.2) is 56.4 Å². The second-order valence-corrected chi connectivity index (χ2v) is 5.19. The molecule has 2 unspecified atom stereocenters. The molecule has 104 valence electrons. The number of rotatable bonds is 7. The van der Waals surface area contributed by atoms with E-state index in [-0.39, 0.29) is 12.6 Å². The van der Waals surface area contributed by atoms with Gasteiger partial charge in [0.15, 0.2) is 0 Å². The van der Waals surface area contributed by atoms with Crippen LogP contribution in [0, 0.1) is 0 Å². The molecule has 2 aromatic rings. The number of nitrogens with zero attached hydrogens (tertiary/aromatic N) is 2. The fraction of sp³-hybridized carbons (Fsp3) is 0.500. The van der Waals surface area contributed by atoms with Gasteiger partial charge in [-0.25, -0.2) is 9.97 Å². The Morgan fingerprint density at radius 3 is 3.11 bits per heavy atom. The number of thioether (sulfide) groups is 1. The van der Waals surface area contributed by atoms with E-state index >= 15 is 0 Å². The third-order valence-electron chi connectivity index (χ3n) is 2.95. The molecule has 0 bridgehead atoms. The first-order valence-corrected chi connectivity index (χ1v) is 7.45. The molecule has 0 aliphatic carbocycles. The summed E-state index contributed by atoms with van der Waals surface area (Å²) in [5.74, 6) is 0.936. The number of nitrogens with one attached hydrogen (secondary N) is 2. The molecule has 2 atom stereocenters. The Hall–Kier alpha value is -1.15. The van der Waals surface area contributed by atoms with E-state index in [0.29, 0.717) is 0 Å². The van der Waals surface area contributed by atoms with E-state index in [1.54, 1.807) is 24.2 Å². The van der Waals surface area contributed by atoms with Crippen molar-refractivity contribution >= 4 is 22.8 Å². The summed E-state index contributed by atoms with van der Waals surface area (Å²) < 4.78 is 0. The molecule has 0 saturated carbocycles. The van der Waals surface area contributed by atoms with Gasteiger partial charge in [-0.3, -0.25) is 0 Å². The van der Waals surface area contributed by atoms with Crippen molar-refractivity contribution in [3.63, 3.8) is 0 Å². The largest absolute Gasteiger partial charge is 0.394 e. The van der Waals surface area contributed by atoms with E-state index in [1.165, 1.54) is 6.33 Å². The van der Waals surface area contributed by atoms with Crippen LogP contribution in [0.2, 0.25) is 0 Å². The van der Waals surface area contributed by atoms with Crippen LogP contribution < -0.4 is 5.32 Å². The third kappa shape index (κ3) is 3.24. The van der Waals surface area contributed by atoms with Crippen molar-refractivity contribution in [1.29, 1.82) is 0 Å². The first-order chi connectivity index (χ1) is 9.27. The number of aromatic nitrogens is 3. The van der Waals surface area contributed by atoms with Gasteiger partial charge in [-0.05, 0) is 6.26 Å². The fourth-order valence-corrected chi connectivity index (χ4v) is 2.32. The topological polar surface area (TPSA) is 94.1 Å². The van der Waals surface area contributed by atoms with E-state index in [9.17, 15) is 10.2 Å². The summed E-state index contributed by atoms with van der Waals surface area (Å²) >= 11 is 1.72. The second kappa shape index (κ2) is 6.85. The molecule has 0 saturated heterocycles. The highest BCUT2D eigenvalue weighted by molar-refractivity contribution is 7.98. The zero-order valence-electron chi connectivity index (χ0n) is 10.7. The van der Waals surface area contributed by atoms with E-state index in [0.717, 1.165) is 28.9 Å². The van der Waals surface area contributed by atoms with Crippen LogP contribution in [0.4, 0.5) is 0 Å². The van der Waals surface area contributed by atoms with Crippen LogP contribution in [0.25, 0.3) is 11.0 Å². The molecule has 0 fully saturated rings. The molecule has 0 aliphatic rings. The Labute approximate surface area is 115 Å². The van der Waals surface area contributed by atoms with Crippen molar-refractivity contribution in [2.45, 2.75) is 12.1 Å². The molecule has 0 radical (unpaired) electrons. The Morgan fingerprint density at radius 1 is 1.53 bits per heavy atom. The first-order valence-electron chi connectivity index (χ1n) is 6.06. The molecule has 6 nitrogen and oxygen atoms in total. The van der Waals surface area contributed by atoms with Crippen LogP contribution in [0.3, 0.4) is 0 Å². The van der Waals surface area contributed by atoms with Crippen LogP contribution in [-0.2, 0) is 0 Å². The number of aromatic amines is 1. The van der Waals surface area contributed by atoms with Crippen LogP contribution in [0.1, 0.15) is 11.6 Å². The number of aliphatic hydroxyl groups excluding tert-OH is 2. The zero-order chi connectivity index (χ0) is 13.7. The minimum Gasteiger partial charge on any atom is -0.394 e. The summed E-state index contributed by atoms with van der Waals surface area (Å²) in [4.78, 5) is 11.2. The van der Waals surface area contributed by atoms with Gasteiger partial charge < -0.3 is 20.5 Å². The van der Waals surface area contributed by atoms with Gasteiger partial charge in [-0.2, -0.15) is 11.8 Å². The number of H-pyrrole nitrogens is 1. The normalized spacial score (nSPS) is 14.7. The highest BCUT2D eigenvalue weighted by Gasteiger charge is 2.23. The zero-order valence-corrected chi connectivity index (χ0v) is 11.5. The summed E-state index contributed by atoms with van der Waals surface area (Å²) in [6.07, 6.45) is 6.13. The molecular formula is C12H18N4O2S. The van der Waals surface area contributed by atoms with Crippen molar-refractivity contribution in [1.82, 2.24) is 20.3 Å². The van der Waals surface area contributed by atoms with Crippen molar-refractivity contribution in [3.05, 3.63) is 24.3 Å². The molecule has 2 aromatic heterocycles. The lowest BCUT2D eigenvalue weighted by Crippen LogP contribution is -2.35. The molecule has 4 N–H and O–H groups in total. The average Bonchev–Trinajstić information content (AvgIpc) is 2.87. The maximum atomic E-state index is 9.97. The van der Waals surface area contributed by atoms with Crippen molar-refractivity contribution in [3.8, 4) is 0 Å². The summed E-state index contributed by atoms with van der Waals surface area (Å²) in [5.41, 5.74) is 2.43. The monoisotopic (exact) mass is 282 g/mol. The SMILES string of the molecule is CSCCNC(c1c[nH]c2cncnc12)C(O)CO. The van der Waals surface area contributed by atoms with Crippen LogP contribution in [0.5, 0.6) is 0 Å². The lowest BCUT2D eigenvalue weighted by Gasteiger charge is -2.22. The maximum Gasteiger partial charge on any atom is 0.116 e. The molecule has 19 heavy (non-hydrogen) atoms. The van der Waals surface area contributed by atoms with Crippen molar-refractivity contribution < 1.29 is 10.2 Å². The predicted molar refractivity (Wildman–Crippen MR) is 76.1 cm³/mol. The van der Waals surface area contributed by atoms with E-state index in [2.05, 4.69) is 20.3 Å². The Bertz CT molecular complexity index is 519. The van der Waals surface area contributed by atoms with Crippen LogP contribution >= 0.6 is 11.8 Å². The van der Waals surface area contributed by atoms with Gasteiger partial charge in [0.05, 0.1) is 36.0 Å². The number of fused-ring (bicyclic) bond motifs is 1. The fourth-order valence-electron chi connectivity index (χ4n) is 2.00. The van der Waals surface area contributed by atoms with Crippen LogP contribution in [0.15, 0.2) is 18.7 Å². The molecule has 0 amide bonds. The van der Waals surface area contributed by atoms with Gasteiger partial charge in [0.2, 0.25) is 0 Å². The Morgan fingerprint density at radius 2 is 2.37 bits per heavy atom. The van der Waals surface area contributed by atoms with Gasteiger partial charge in [0.1, 0.15) is 6.33 Å². The summed E-state index contributed by atoms with van der Waals surface area (Å²) in [7, 11) is 0. The molecular weight excluding hydrogens is 264 g/mol. The smallest absolute Gasteiger partial charge is 0.116 e. The Kier molecular flexibility index (Phi) is 5.15. The lowest BCUT2D eigenvalue weighted by atomic mass is 10.0. The van der Waals surface area contributed by atoms with E-state index in [4.69, 9.17) is 0 Å². The summed E-state index contributed by atoms with van der Waals surface area (Å²) in [6, 6.07) is -0.346. The first kappa shape index (κ1) is 14.3. The van der Waals surface area contributed by atoms with E-state index in [1.807, 2.05) is 6.26 Å². The van der Waals surface area contributed by atoms with Gasteiger partial charge in [-0.1, -0.05) is 0 Å². The number of aliphatic hydroxyl groups is 2. The molecule has 7 heteroatoms. The van der Waals surface area contributed by atoms with Crippen molar-refractivity contribution in [2.24, 2.45) is 0 Å². The predicted octanol–water partition coefficient (Wildman–Crippen LogP) is 0.305. The van der Waals surface area contributed by atoms with Crippen molar-refractivity contribution in [2.75, 3.05) is 25.2 Å². The minimum absolute atomic E-state index is 0.297. The average molecular weight is 282 g/mol. The van der Waals surface area contributed by atoms with Gasteiger partial charge in [-0.15, -0.1) is 0 Å². The summed E-state index contributed by atoms with van der Waals surface area (Å²) in [6.45, 7) is 0.454. The second-order valence-electron chi connectivity index (χ2n) is 4.20. The molecule has 0 aromatic carbocycles. The lowest BCUT2D eigenvalue weighted by molar-refractivity contribution is 0.0635. The quantitative estimate of drug-likeness (QED) is 0.546. The minimum atomic E-state index is -0.865. The summed E-state index contributed by atoms with van der Waals surface area (Å²) in [5, 5.41) is 22.4. The molecule has 2 heterocycles. The highest BCUT2D eigenvalue weighted by Crippen LogP contribution is 2.24. The number of hydrogen-bond donors (Lipinski definition) is 4. The molecule has 0 aliphatic heterocycles. The number of hydrogen-bond acceptors (Lipinski definition) is 6. The van der Waals surface area contributed by atoms with Gasteiger partial charge in [0.25, 0.3) is 0 Å². The molecule has 0 spiro atoms. The van der Waals surface area contributed by atoms with E-state index < -0.39 is 6.10 Å². The molecule has 2 rings (SSSR count). The third-order valence-corrected chi connectivity index (χ3v) is 3.56. The van der Waals surface area contributed by atoms with Gasteiger partial charge >= 0.3 is 0 Å².